The zero-order valence-electron chi connectivity index (χ0n) is 5.71. The molecule has 54 valence electrons. The Labute approximate surface area is 56.1 Å². The Morgan fingerprint density at radius 1 is 1.22 bits per heavy atom. The number of hydrogen-bond donors (Lipinski definition) is 2. The second kappa shape index (κ2) is 3.18. The summed E-state index contributed by atoms with van der Waals surface area (Å²) in [5.41, 5.74) is 5.67. The van der Waals surface area contributed by atoms with Crippen molar-refractivity contribution >= 4 is 0 Å². The number of nitrogens with two attached hydrogens (primary N) is 1. The molecule has 1 aliphatic carbocycles. The van der Waals surface area contributed by atoms with Gasteiger partial charge in [0.15, 0.2) is 0 Å². The van der Waals surface area contributed by atoms with Crippen LogP contribution in [-0.4, -0.2) is 17.3 Å². The van der Waals surface area contributed by atoms with Crippen molar-refractivity contribution in [2.75, 3.05) is 0 Å². The van der Waals surface area contributed by atoms with Crippen LogP contribution in [0.5, 0.6) is 0 Å². The van der Waals surface area contributed by atoms with E-state index in [-0.39, 0.29) is 12.1 Å². The number of rotatable bonds is 0. The molecule has 0 amide bonds. The second-order valence-electron chi connectivity index (χ2n) is 2.93. The first-order valence-electron chi connectivity index (χ1n) is 3.72. The van der Waals surface area contributed by atoms with Gasteiger partial charge in [-0.1, -0.05) is 12.8 Å². The minimum absolute atomic E-state index is 0.123. The number of hydrogen-bond acceptors (Lipinski definition) is 2. The van der Waals surface area contributed by atoms with Crippen LogP contribution in [0.1, 0.15) is 32.1 Å². The van der Waals surface area contributed by atoms with Crippen LogP contribution in [0, 0.1) is 0 Å². The van der Waals surface area contributed by atoms with Crippen molar-refractivity contribution < 1.29 is 5.11 Å². The van der Waals surface area contributed by atoms with Gasteiger partial charge in [0.2, 0.25) is 0 Å². The lowest BCUT2D eigenvalue weighted by Gasteiger charge is -2.09. The van der Waals surface area contributed by atoms with Crippen LogP contribution >= 0.6 is 0 Å². The minimum Gasteiger partial charge on any atom is -0.393 e. The van der Waals surface area contributed by atoms with E-state index in [4.69, 9.17) is 5.73 Å². The monoisotopic (exact) mass is 129 g/mol. The van der Waals surface area contributed by atoms with E-state index in [1.54, 1.807) is 0 Å². The molecule has 2 heteroatoms. The Bertz CT molecular complexity index is 75.0. The fourth-order valence-corrected chi connectivity index (χ4v) is 1.37. The Kier molecular flexibility index (Phi) is 2.49. The van der Waals surface area contributed by atoms with Gasteiger partial charge in [0, 0.05) is 6.04 Å². The van der Waals surface area contributed by atoms with E-state index in [0.717, 1.165) is 25.7 Å². The van der Waals surface area contributed by atoms with Gasteiger partial charge >= 0.3 is 0 Å². The first-order chi connectivity index (χ1) is 4.29. The smallest absolute Gasteiger partial charge is 0.0555 e. The van der Waals surface area contributed by atoms with E-state index in [2.05, 4.69) is 0 Å². The van der Waals surface area contributed by atoms with E-state index < -0.39 is 0 Å². The van der Waals surface area contributed by atoms with Crippen molar-refractivity contribution in [3.63, 3.8) is 0 Å². The van der Waals surface area contributed by atoms with E-state index in [1.165, 1.54) is 6.42 Å². The summed E-state index contributed by atoms with van der Waals surface area (Å²) in [7, 11) is 0. The Morgan fingerprint density at radius 3 is 2.67 bits per heavy atom. The Hall–Kier alpha value is -0.0800. The molecule has 3 N–H and O–H groups in total. The Morgan fingerprint density at radius 2 is 1.89 bits per heavy atom. The molecule has 1 saturated carbocycles. The van der Waals surface area contributed by atoms with Crippen molar-refractivity contribution in [3.8, 4) is 0 Å². The maximum absolute atomic E-state index is 9.18. The molecule has 1 fully saturated rings. The van der Waals surface area contributed by atoms with E-state index in [0.29, 0.717) is 0 Å². The molecule has 1 aliphatic rings. The normalized spacial score (nSPS) is 38.0. The summed E-state index contributed by atoms with van der Waals surface area (Å²) < 4.78 is 0. The van der Waals surface area contributed by atoms with Crippen LogP contribution in [0.25, 0.3) is 0 Å². The summed E-state index contributed by atoms with van der Waals surface area (Å²) in [5.74, 6) is 0. The summed E-state index contributed by atoms with van der Waals surface area (Å²) in [6, 6.07) is 0.252. The van der Waals surface area contributed by atoms with Gasteiger partial charge in [-0.05, 0) is 19.3 Å². The molecule has 9 heavy (non-hydrogen) atoms. The summed E-state index contributed by atoms with van der Waals surface area (Å²) >= 11 is 0. The molecular weight excluding hydrogens is 114 g/mol. The topological polar surface area (TPSA) is 46.2 Å². The average Bonchev–Trinajstić information content (AvgIpc) is 1.93. The first kappa shape index (κ1) is 7.03. The molecule has 0 aliphatic heterocycles. The predicted octanol–water partition coefficient (Wildman–Crippen LogP) is 0.639. The summed E-state index contributed by atoms with van der Waals surface area (Å²) in [6.07, 6.45) is 5.07. The zero-order chi connectivity index (χ0) is 6.69. The molecule has 0 bridgehead atoms. The van der Waals surface area contributed by atoms with Gasteiger partial charge in [-0.15, -0.1) is 0 Å². The van der Waals surface area contributed by atoms with Crippen molar-refractivity contribution in [1.82, 2.24) is 0 Å². The molecule has 0 radical (unpaired) electrons. The highest BCUT2D eigenvalue weighted by molar-refractivity contribution is 4.71. The highest BCUT2D eigenvalue weighted by atomic mass is 16.3. The van der Waals surface area contributed by atoms with Gasteiger partial charge in [0.1, 0.15) is 0 Å². The standard InChI is InChI=1S/C7H15NO/c8-6-3-1-2-4-7(9)5-6/h6-7,9H,1-5,8H2/t6-,7-/m1/s1. The second-order valence-corrected chi connectivity index (χ2v) is 2.93. The molecule has 1 rings (SSSR count). The zero-order valence-corrected chi connectivity index (χ0v) is 5.71. The summed E-state index contributed by atoms with van der Waals surface area (Å²) in [5, 5.41) is 9.18. The van der Waals surface area contributed by atoms with E-state index in [1.807, 2.05) is 0 Å². The quantitative estimate of drug-likeness (QED) is 0.471. The highest BCUT2D eigenvalue weighted by Crippen LogP contribution is 2.15. The average molecular weight is 129 g/mol. The number of aliphatic hydroxyl groups is 1. The Balaban J connectivity index is 2.29. The molecule has 2 atom stereocenters. The minimum atomic E-state index is -0.123. The van der Waals surface area contributed by atoms with Crippen LogP contribution in [0.4, 0.5) is 0 Å². The molecule has 0 unspecified atom stereocenters. The number of aliphatic hydroxyl groups excluding tert-OH is 1. The van der Waals surface area contributed by atoms with Crippen LogP contribution in [0.2, 0.25) is 0 Å². The molecule has 0 aromatic carbocycles. The SMILES string of the molecule is N[C@@H]1CCCC[C@@H](O)C1. The molecule has 0 aromatic rings. The lowest BCUT2D eigenvalue weighted by molar-refractivity contribution is 0.152. The van der Waals surface area contributed by atoms with Crippen molar-refractivity contribution in [2.45, 2.75) is 44.2 Å². The van der Waals surface area contributed by atoms with Crippen LogP contribution in [0.3, 0.4) is 0 Å². The maximum Gasteiger partial charge on any atom is 0.0555 e. The van der Waals surface area contributed by atoms with Gasteiger partial charge in [-0.25, -0.2) is 0 Å². The molecule has 0 heterocycles. The van der Waals surface area contributed by atoms with Crippen molar-refractivity contribution in [3.05, 3.63) is 0 Å². The summed E-state index contributed by atoms with van der Waals surface area (Å²) in [6.45, 7) is 0. The summed E-state index contributed by atoms with van der Waals surface area (Å²) in [4.78, 5) is 0. The molecule has 0 aromatic heterocycles. The van der Waals surface area contributed by atoms with E-state index in [9.17, 15) is 5.11 Å². The van der Waals surface area contributed by atoms with Crippen molar-refractivity contribution in [2.24, 2.45) is 5.73 Å². The first-order valence-corrected chi connectivity index (χ1v) is 3.72. The molecule has 2 nitrogen and oxygen atoms in total. The van der Waals surface area contributed by atoms with Gasteiger partial charge in [-0.2, -0.15) is 0 Å². The van der Waals surface area contributed by atoms with Crippen LogP contribution in [-0.2, 0) is 0 Å². The van der Waals surface area contributed by atoms with Gasteiger partial charge in [0.25, 0.3) is 0 Å². The molecular formula is C7H15NO. The third-order valence-electron chi connectivity index (χ3n) is 1.94. The predicted molar refractivity (Wildman–Crippen MR) is 37.1 cm³/mol. The van der Waals surface area contributed by atoms with Gasteiger partial charge in [-0.3, -0.25) is 0 Å². The van der Waals surface area contributed by atoms with Crippen LogP contribution < -0.4 is 5.73 Å². The van der Waals surface area contributed by atoms with Gasteiger partial charge < -0.3 is 10.8 Å². The van der Waals surface area contributed by atoms with E-state index >= 15 is 0 Å². The third kappa shape index (κ3) is 2.33. The largest absolute Gasteiger partial charge is 0.393 e. The van der Waals surface area contributed by atoms with Crippen LogP contribution in [0.15, 0.2) is 0 Å². The van der Waals surface area contributed by atoms with Gasteiger partial charge in [0.05, 0.1) is 6.10 Å². The maximum atomic E-state index is 9.18. The van der Waals surface area contributed by atoms with Crippen molar-refractivity contribution in [1.29, 1.82) is 0 Å². The fraction of sp³-hybridized carbons (Fsp3) is 1.00. The highest BCUT2D eigenvalue weighted by Gasteiger charge is 2.13. The third-order valence-corrected chi connectivity index (χ3v) is 1.94. The fourth-order valence-electron chi connectivity index (χ4n) is 1.37. The molecule has 0 saturated heterocycles. The lowest BCUT2D eigenvalue weighted by Crippen LogP contribution is -2.23. The molecule has 0 spiro atoms. The lowest BCUT2D eigenvalue weighted by atomic mass is 10.1.